The molecule has 0 aliphatic heterocycles. The van der Waals surface area contributed by atoms with Crippen LogP contribution in [0.15, 0.2) is 5.38 Å². The van der Waals surface area contributed by atoms with Crippen molar-refractivity contribution in [1.82, 2.24) is 4.98 Å². The van der Waals surface area contributed by atoms with E-state index in [1.165, 1.54) is 18.4 Å². The van der Waals surface area contributed by atoms with Crippen molar-refractivity contribution in [3.63, 3.8) is 0 Å². The Morgan fingerprint density at radius 1 is 1.37 bits per heavy atom. The van der Waals surface area contributed by atoms with Gasteiger partial charge in [-0.05, 0) is 6.92 Å². The van der Waals surface area contributed by atoms with Crippen molar-refractivity contribution in [2.24, 2.45) is 0 Å². The van der Waals surface area contributed by atoms with Gasteiger partial charge in [0.15, 0.2) is 5.13 Å². The molecule has 0 atom stereocenters. The maximum atomic E-state index is 11.2. The topological polar surface area (TPSA) is 77.5 Å². The smallest absolute Gasteiger partial charge is 0.307 e. The van der Waals surface area contributed by atoms with Crippen molar-refractivity contribution < 1.29 is 19.1 Å². The number of nitrogens with one attached hydrogen (secondary N) is 1. The van der Waals surface area contributed by atoms with Crippen LogP contribution in [0.2, 0.25) is 0 Å². The first kappa shape index (κ1) is 15.4. The van der Waals surface area contributed by atoms with Crippen LogP contribution >= 0.6 is 11.3 Å². The van der Waals surface area contributed by atoms with E-state index in [4.69, 9.17) is 4.74 Å². The Kier molecular flexibility index (Phi) is 6.88. The molecule has 0 spiro atoms. The number of esters is 2. The van der Waals surface area contributed by atoms with Gasteiger partial charge < -0.3 is 14.8 Å². The second-order valence-electron chi connectivity index (χ2n) is 3.70. The molecule has 1 rings (SSSR count). The average molecular weight is 286 g/mol. The fraction of sp³-hybridized carbons (Fsp3) is 0.583. The van der Waals surface area contributed by atoms with Crippen LogP contribution in [0.1, 0.15) is 25.5 Å². The molecule has 0 aliphatic rings. The van der Waals surface area contributed by atoms with Crippen LogP contribution in [-0.2, 0) is 25.5 Å². The van der Waals surface area contributed by atoms with Crippen molar-refractivity contribution in [2.45, 2.75) is 26.2 Å². The standard InChI is InChI=1S/C12H18N2O4S/c1-3-18-11(16)5-4-9-8-19-12(14-9)13-7-6-10(15)17-2/h8H,3-7H2,1-2H3,(H,13,14). The predicted molar refractivity (Wildman–Crippen MR) is 72.2 cm³/mol. The lowest BCUT2D eigenvalue weighted by Gasteiger charge is -2.01. The van der Waals surface area contributed by atoms with Crippen molar-refractivity contribution >= 4 is 28.4 Å². The SMILES string of the molecule is CCOC(=O)CCc1csc(NCCC(=O)OC)n1. The number of nitrogens with zero attached hydrogens (tertiary/aromatic N) is 1. The number of anilines is 1. The number of hydrogen-bond acceptors (Lipinski definition) is 7. The molecule has 0 radical (unpaired) electrons. The van der Waals surface area contributed by atoms with Gasteiger partial charge in [-0.3, -0.25) is 9.59 Å². The molecule has 0 unspecified atom stereocenters. The van der Waals surface area contributed by atoms with Crippen LogP contribution in [0.3, 0.4) is 0 Å². The van der Waals surface area contributed by atoms with Crippen LogP contribution in [0, 0.1) is 0 Å². The molecule has 6 nitrogen and oxygen atoms in total. The average Bonchev–Trinajstić information content (AvgIpc) is 2.84. The third-order valence-electron chi connectivity index (χ3n) is 2.28. The summed E-state index contributed by atoms with van der Waals surface area (Å²) < 4.78 is 9.38. The number of methoxy groups -OCH3 is 1. The van der Waals surface area contributed by atoms with Gasteiger partial charge in [-0.15, -0.1) is 11.3 Å². The Bertz CT molecular complexity index is 420. The number of carbonyl (C=O) groups excluding carboxylic acids is 2. The minimum Gasteiger partial charge on any atom is -0.469 e. The molecule has 1 aromatic rings. The largest absolute Gasteiger partial charge is 0.469 e. The van der Waals surface area contributed by atoms with E-state index in [0.29, 0.717) is 32.4 Å². The molecule has 0 aliphatic carbocycles. The lowest BCUT2D eigenvalue weighted by Crippen LogP contribution is -2.09. The van der Waals surface area contributed by atoms with Gasteiger partial charge in [0.25, 0.3) is 0 Å². The van der Waals surface area contributed by atoms with Crippen molar-refractivity contribution in [3.8, 4) is 0 Å². The zero-order chi connectivity index (χ0) is 14.1. The zero-order valence-electron chi connectivity index (χ0n) is 11.1. The van der Waals surface area contributed by atoms with Gasteiger partial charge in [0.2, 0.25) is 0 Å². The molecule has 0 amide bonds. The van der Waals surface area contributed by atoms with Crippen LogP contribution in [0.25, 0.3) is 0 Å². The van der Waals surface area contributed by atoms with Gasteiger partial charge in [0, 0.05) is 18.3 Å². The lowest BCUT2D eigenvalue weighted by atomic mass is 10.2. The quantitative estimate of drug-likeness (QED) is 0.732. The Labute approximate surface area is 116 Å². The summed E-state index contributed by atoms with van der Waals surface area (Å²) in [7, 11) is 1.36. The molecular formula is C12H18N2O4S. The molecule has 1 heterocycles. The molecular weight excluding hydrogens is 268 g/mol. The predicted octanol–water partition coefficient (Wildman–Crippen LogP) is 1.61. The van der Waals surface area contributed by atoms with E-state index < -0.39 is 0 Å². The minimum atomic E-state index is -0.258. The van der Waals surface area contributed by atoms with Crippen LogP contribution in [0.4, 0.5) is 5.13 Å². The van der Waals surface area contributed by atoms with Gasteiger partial charge >= 0.3 is 11.9 Å². The lowest BCUT2D eigenvalue weighted by molar-refractivity contribution is -0.143. The molecule has 1 N–H and O–H groups in total. The number of aromatic nitrogens is 1. The Morgan fingerprint density at radius 3 is 2.84 bits per heavy atom. The fourth-order valence-corrected chi connectivity index (χ4v) is 2.11. The third kappa shape index (κ3) is 6.19. The molecule has 7 heteroatoms. The summed E-state index contributed by atoms with van der Waals surface area (Å²) in [5.74, 6) is -0.470. The number of ether oxygens (including phenoxy) is 2. The van der Waals surface area contributed by atoms with Crippen molar-refractivity contribution in [2.75, 3.05) is 25.6 Å². The van der Waals surface area contributed by atoms with E-state index in [1.807, 2.05) is 5.38 Å². The highest BCUT2D eigenvalue weighted by Crippen LogP contribution is 2.16. The number of rotatable bonds is 8. The van der Waals surface area contributed by atoms with E-state index >= 15 is 0 Å². The van der Waals surface area contributed by atoms with E-state index in [0.717, 1.165) is 10.8 Å². The van der Waals surface area contributed by atoms with E-state index in [1.54, 1.807) is 6.92 Å². The number of thiazole rings is 1. The monoisotopic (exact) mass is 286 g/mol. The molecule has 0 fully saturated rings. The van der Waals surface area contributed by atoms with E-state index in [9.17, 15) is 9.59 Å². The molecule has 0 bridgehead atoms. The molecule has 0 aromatic carbocycles. The normalized spacial score (nSPS) is 10.0. The molecule has 106 valence electrons. The Balaban J connectivity index is 2.28. The summed E-state index contributed by atoms with van der Waals surface area (Å²) in [6, 6.07) is 0. The maximum Gasteiger partial charge on any atom is 0.307 e. The summed E-state index contributed by atoms with van der Waals surface area (Å²) in [4.78, 5) is 26.4. The second-order valence-corrected chi connectivity index (χ2v) is 4.56. The van der Waals surface area contributed by atoms with Gasteiger partial charge in [-0.1, -0.05) is 0 Å². The Morgan fingerprint density at radius 2 is 2.16 bits per heavy atom. The molecule has 19 heavy (non-hydrogen) atoms. The second kappa shape index (κ2) is 8.47. The van der Waals surface area contributed by atoms with Crippen LogP contribution < -0.4 is 5.32 Å². The van der Waals surface area contributed by atoms with Gasteiger partial charge in [-0.2, -0.15) is 0 Å². The minimum absolute atomic E-state index is 0.212. The maximum absolute atomic E-state index is 11.2. The van der Waals surface area contributed by atoms with E-state index in [-0.39, 0.29) is 11.9 Å². The van der Waals surface area contributed by atoms with Crippen LogP contribution in [0.5, 0.6) is 0 Å². The van der Waals surface area contributed by atoms with Gasteiger partial charge in [0.1, 0.15) is 0 Å². The first-order chi connectivity index (χ1) is 9.15. The summed E-state index contributed by atoms with van der Waals surface area (Å²) in [6.07, 6.45) is 1.20. The number of hydrogen-bond donors (Lipinski definition) is 1. The van der Waals surface area contributed by atoms with Crippen LogP contribution in [-0.4, -0.2) is 37.2 Å². The number of carbonyl (C=O) groups is 2. The van der Waals surface area contributed by atoms with Gasteiger partial charge in [-0.25, -0.2) is 4.98 Å². The molecule has 0 saturated heterocycles. The summed E-state index contributed by atoms with van der Waals surface area (Å²) in [5.41, 5.74) is 0.846. The van der Waals surface area contributed by atoms with Gasteiger partial charge in [0.05, 0.1) is 32.3 Å². The highest BCUT2D eigenvalue weighted by atomic mass is 32.1. The van der Waals surface area contributed by atoms with E-state index in [2.05, 4.69) is 15.0 Å². The zero-order valence-corrected chi connectivity index (χ0v) is 11.9. The first-order valence-corrected chi connectivity index (χ1v) is 6.94. The van der Waals surface area contributed by atoms with Crippen molar-refractivity contribution in [1.29, 1.82) is 0 Å². The molecule has 0 saturated carbocycles. The van der Waals surface area contributed by atoms with Crippen molar-refractivity contribution in [3.05, 3.63) is 11.1 Å². The highest BCUT2D eigenvalue weighted by Gasteiger charge is 2.07. The summed E-state index contributed by atoms with van der Waals surface area (Å²) in [6.45, 7) is 2.66. The number of aryl methyl sites for hydroxylation is 1. The summed E-state index contributed by atoms with van der Waals surface area (Å²) in [5, 5.41) is 5.66. The Hall–Kier alpha value is -1.63. The third-order valence-corrected chi connectivity index (χ3v) is 3.12. The fourth-order valence-electron chi connectivity index (χ4n) is 1.34. The molecule has 1 aromatic heterocycles. The summed E-state index contributed by atoms with van der Waals surface area (Å²) >= 11 is 1.45. The first-order valence-electron chi connectivity index (χ1n) is 6.06. The highest BCUT2D eigenvalue weighted by molar-refractivity contribution is 7.13.